The highest BCUT2D eigenvalue weighted by Gasteiger charge is 2.34. The van der Waals surface area contributed by atoms with Crippen LogP contribution in [0.5, 0.6) is 0 Å². The van der Waals surface area contributed by atoms with Crippen molar-refractivity contribution in [1.29, 1.82) is 0 Å². The van der Waals surface area contributed by atoms with Crippen LogP contribution in [0.2, 0.25) is 0 Å². The number of para-hydroxylation sites is 2. The van der Waals surface area contributed by atoms with E-state index in [0.29, 0.717) is 5.57 Å². The summed E-state index contributed by atoms with van der Waals surface area (Å²) in [7, 11) is 0. The first-order valence-corrected chi connectivity index (χ1v) is 11.7. The van der Waals surface area contributed by atoms with E-state index in [1.54, 1.807) is 11.8 Å². The number of hydrogen-bond donors (Lipinski definition) is 2. The number of carbonyl (C=O) groups is 1. The Morgan fingerprint density at radius 3 is 2.44 bits per heavy atom. The number of amides is 1. The van der Waals surface area contributed by atoms with Gasteiger partial charge >= 0.3 is 0 Å². The molecule has 0 aliphatic carbocycles. The van der Waals surface area contributed by atoms with Gasteiger partial charge in [-0.3, -0.25) is 9.36 Å². The number of aromatic nitrogens is 2. The molecule has 3 aromatic carbocycles. The summed E-state index contributed by atoms with van der Waals surface area (Å²) >= 11 is 1.70. The number of nitrogens with one attached hydrogen (secondary N) is 2. The molecule has 1 amide bonds. The van der Waals surface area contributed by atoms with Crippen LogP contribution in [0.4, 0.5) is 11.6 Å². The molecule has 2 N–H and O–H groups in total. The van der Waals surface area contributed by atoms with Gasteiger partial charge in [0, 0.05) is 16.3 Å². The summed E-state index contributed by atoms with van der Waals surface area (Å²) in [4.78, 5) is 19.6. The number of allylic oxidation sites excluding steroid dienone is 1. The molecule has 0 unspecified atom stereocenters. The minimum Gasteiger partial charge on any atom is -0.329 e. The molecule has 0 spiro atoms. The molecule has 6 heteroatoms. The van der Waals surface area contributed by atoms with E-state index >= 15 is 0 Å². The van der Waals surface area contributed by atoms with E-state index in [2.05, 4.69) is 45.7 Å². The standard InChI is InChI=1S/C26H24N4OS/c1-16-8-12-19(13-9-16)28-25(31)23-17(2)27-26-29-21-6-4-5-7-22(21)30(26)24(23)18-10-14-20(32-3)15-11-18/h4-15,24H,1-3H3,(H,27,29)(H,28,31)/t24-/m0/s1. The molecule has 1 aliphatic heterocycles. The Bertz CT molecular complexity index is 1340. The summed E-state index contributed by atoms with van der Waals surface area (Å²) < 4.78 is 2.13. The maximum atomic E-state index is 13.6. The van der Waals surface area contributed by atoms with Crippen LogP contribution in [-0.4, -0.2) is 21.7 Å². The highest BCUT2D eigenvalue weighted by Crippen LogP contribution is 2.39. The number of anilines is 2. The van der Waals surface area contributed by atoms with Gasteiger partial charge in [0.2, 0.25) is 5.95 Å². The topological polar surface area (TPSA) is 59.0 Å². The smallest absolute Gasteiger partial charge is 0.255 e. The predicted octanol–water partition coefficient (Wildman–Crippen LogP) is 5.99. The van der Waals surface area contributed by atoms with E-state index in [4.69, 9.17) is 4.98 Å². The third-order valence-corrected chi connectivity index (χ3v) is 6.56. The lowest BCUT2D eigenvalue weighted by Gasteiger charge is -2.30. The van der Waals surface area contributed by atoms with Crippen LogP contribution in [0.3, 0.4) is 0 Å². The van der Waals surface area contributed by atoms with E-state index in [-0.39, 0.29) is 11.9 Å². The van der Waals surface area contributed by atoms with Crippen molar-refractivity contribution in [1.82, 2.24) is 9.55 Å². The zero-order valence-electron chi connectivity index (χ0n) is 18.2. The molecule has 0 saturated carbocycles. The van der Waals surface area contributed by atoms with E-state index < -0.39 is 0 Å². The first-order chi connectivity index (χ1) is 15.5. The molecule has 5 nitrogen and oxygen atoms in total. The SMILES string of the molecule is CSc1ccc([C@H]2C(C(=O)Nc3ccc(C)cc3)=C(C)Nc3nc4ccccc4n32)cc1. The van der Waals surface area contributed by atoms with Crippen LogP contribution < -0.4 is 10.6 Å². The second kappa shape index (κ2) is 8.20. The first-order valence-electron chi connectivity index (χ1n) is 10.5. The minimum absolute atomic E-state index is 0.124. The van der Waals surface area contributed by atoms with Crippen LogP contribution in [0.15, 0.2) is 89.0 Å². The molecule has 2 heterocycles. The van der Waals surface area contributed by atoms with Crippen molar-refractivity contribution >= 4 is 40.3 Å². The normalized spacial score (nSPS) is 15.4. The van der Waals surface area contributed by atoms with E-state index in [1.165, 1.54) is 4.90 Å². The summed E-state index contributed by atoms with van der Waals surface area (Å²) in [6.45, 7) is 3.97. The molecule has 4 aromatic rings. The van der Waals surface area contributed by atoms with Crippen molar-refractivity contribution in [2.24, 2.45) is 0 Å². The van der Waals surface area contributed by atoms with Crippen LogP contribution >= 0.6 is 11.8 Å². The third-order valence-electron chi connectivity index (χ3n) is 5.82. The Kier molecular flexibility index (Phi) is 5.23. The molecule has 0 radical (unpaired) electrons. The van der Waals surface area contributed by atoms with Gasteiger partial charge in [-0.15, -0.1) is 11.8 Å². The van der Waals surface area contributed by atoms with Gasteiger partial charge in [-0.25, -0.2) is 4.98 Å². The summed E-state index contributed by atoms with van der Waals surface area (Å²) in [6, 6.07) is 24.0. The molecule has 1 atom stereocenters. The lowest BCUT2D eigenvalue weighted by atomic mass is 9.94. The molecule has 0 fully saturated rings. The van der Waals surface area contributed by atoms with Crippen molar-refractivity contribution in [2.45, 2.75) is 24.8 Å². The van der Waals surface area contributed by atoms with Crippen LogP contribution in [0, 0.1) is 6.92 Å². The zero-order chi connectivity index (χ0) is 22.2. The van der Waals surface area contributed by atoms with E-state index in [1.807, 2.05) is 62.4 Å². The van der Waals surface area contributed by atoms with Gasteiger partial charge in [-0.05, 0) is 62.1 Å². The van der Waals surface area contributed by atoms with Gasteiger partial charge in [0.15, 0.2) is 0 Å². The Hall–Kier alpha value is -3.51. The molecule has 1 aliphatic rings. The molecule has 160 valence electrons. The van der Waals surface area contributed by atoms with Crippen molar-refractivity contribution < 1.29 is 4.79 Å². The summed E-state index contributed by atoms with van der Waals surface area (Å²) in [6.07, 6.45) is 2.06. The van der Waals surface area contributed by atoms with E-state index in [0.717, 1.165) is 39.5 Å². The first kappa shape index (κ1) is 20.4. The number of nitrogens with zero attached hydrogens (tertiary/aromatic N) is 2. The lowest BCUT2D eigenvalue weighted by Crippen LogP contribution is -2.30. The Balaban J connectivity index is 1.64. The third kappa shape index (κ3) is 3.56. The Morgan fingerprint density at radius 2 is 1.72 bits per heavy atom. The highest BCUT2D eigenvalue weighted by atomic mass is 32.2. The molecule has 0 saturated heterocycles. The molecular weight excluding hydrogens is 416 g/mol. The van der Waals surface area contributed by atoms with Crippen LogP contribution in [-0.2, 0) is 4.79 Å². The monoisotopic (exact) mass is 440 g/mol. The van der Waals surface area contributed by atoms with Gasteiger partial charge in [0.05, 0.1) is 22.6 Å². The number of carbonyl (C=O) groups excluding carboxylic acids is 1. The van der Waals surface area contributed by atoms with Gasteiger partial charge in [0.25, 0.3) is 5.91 Å². The van der Waals surface area contributed by atoms with Gasteiger partial charge in [0.1, 0.15) is 0 Å². The molecule has 0 bridgehead atoms. The maximum Gasteiger partial charge on any atom is 0.255 e. The number of benzene rings is 3. The largest absolute Gasteiger partial charge is 0.329 e. The summed E-state index contributed by atoms with van der Waals surface area (Å²) in [5.74, 6) is 0.621. The number of thioether (sulfide) groups is 1. The fourth-order valence-corrected chi connectivity index (χ4v) is 4.60. The second-order valence-electron chi connectivity index (χ2n) is 7.95. The average Bonchev–Trinajstić information content (AvgIpc) is 3.17. The quantitative estimate of drug-likeness (QED) is 0.383. The molecule has 32 heavy (non-hydrogen) atoms. The fraction of sp³-hybridized carbons (Fsp3) is 0.154. The molecule has 1 aromatic heterocycles. The number of imidazole rings is 1. The lowest BCUT2D eigenvalue weighted by molar-refractivity contribution is -0.113. The fourth-order valence-electron chi connectivity index (χ4n) is 4.19. The Labute approximate surface area is 191 Å². The molecule has 5 rings (SSSR count). The minimum atomic E-state index is -0.292. The molecular formula is C26H24N4OS. The second-order valence-corrected chi connectivity index (χ2v) is 8.83. The van der Waals surface area contributed by atoms with Gasteiger partial charge < -0.3 is 10.6 Å². The number of hydrogen-bond acceptors (Lipinski definition) is 4. The number of rotatable bonds is 4. The van der Waals surface area contributed by atoms with Crippen molar-refractivity contribution in [3.63, 3.8) is 0 Å². The highest BCUT2D eigenvalue weighted by molar-refractivity contribution is 7.98. The summed E-state index contributed by atoms with van der Waals surface area (Å²) in [5, 5.41) is 6.45. The van der Waals surface area contributed by atoms with Gasteiger partial charge in [-0.1, -0.05) is 42.0 Å². The van der Waals surface area contributed by atoms with Crippen LogP contribution in [0.25, 0.3) is 11.0 Å². The maximum absolute atomic E-state index is 13.6. The summed E-state index contributed by atoms with van der Waals surface area (Å²) in [5.41, 5.74) is 6.34. The van der Waals surface area contributed by atoms with Gasteiger partial charge in [-0.2, -0.15) is 0 Å². The van der Waals surface area contributed by atoms with Crippen LogP contribution in [0.1, 0.15) is 24.1 Å². The average molecular weight is 441 g/mol. The number of aryl methyl sites for hydroxylation is 1. The van der Waals surface area contributed by atoms with Crippen molar-refractivity contribution in [2.75, 3.05) is 16.9 Å². The Morgan fingerprint density at radius 1 is 1.00 bits per heavy atom. The zero-order valence-corrected chi connectivity index (χ0v) is 19.0. The predicted molar refractivity (Wildman–Crippen MR) is 132 cm³/mol. The number of fused-ring (bicyclic) bond motifs is 3. The van der Waals surface area contributed by atoms with Crippen molar-refractivity contribution in [3.8, 4) is 0 Å². The van der Waals surface area contributed by atoms with E-state index in [9.17, 15) is 4.79 Å². The van der Waals surface area contributed by atoms with Crippen molar-refractivity contribution in [3.05, 3.63) is 95.2 Å².